The number of benzene rings is 1. The molecule has 2 aromatic rings. The van der Waals surface area contributed by atoms with Crippen molar-refractivity contribution in [3.63, 3.8) is 0 Å². The van der Waals surface area contributed by atoms with Crippen LogP contribution in [0.2, 0.25) is 0 Å². The predicted molar refractivity (Wildman–Crippen MR) is 124 cm³/mol. The Morgan fingerprint density at radius 1 is 1.31 bits per heavy atom. The van der Waals surface area contributed by atoms with Crippen LogP contribution in [0.1, 0.15) is 48.1 Å². The van der Waals surface area contributed by atoms with E-state index in [9.17, 15) is 9.90 Å². The van der Waals surface area contributed by atoms with E-state index in [1.165, 1.54) is 5.56 Å². The molecule has 0 radical (unpaired) electrons. The molecule has 7 nitrogen and oxygen atoms in total. The second-order valence-electron chi connectivity index (χ2n) is 9.10. The zero-order chi connectivity index (χ0) is 22.7. The largest absolute Gasteiger partial charge is 0.481 e. The minimum atomic E-state index is -0.764. The number of aliphatic carboxylic acids is 1. The normalized spacial score (nSPS) is 20.6. The van der Waals surface area contributed by atoms with Gasteiger partial charge in [0.25, 0.3) is 0 Å². The maximum atomic E-state index is 12.3. The van der Waals surface area contributed by atoms with Gasteiger partial charge >= 0.3 is 5.97 Å². The number of nitrogens with zero attached hydrogens (tertiary/aromatic N) is 4. The van der Waals surface area contributed by atoms with Crippen molar-refractivity contribution in [2.24, 2.45) is 10.6 Å². The lowest BCUT2D eigenvalue weighted by molar-refractivity contribution is -0.155. The Balaban J connectivity index is 1.36. The third-order valence-electron chi connectivity index (χ3n) is 6.83. The zero-order valence-electron chi connectivity index (χ0n) is 19.0. The highest BCUT2D eigenvalue weighted by molar-refractivity contribution is 6.02. The maximum absolute atomic E-state index is 12.3. The lowest BCUT2D eigenvalue weighted by atomic mass is 9.73. The summed E-state index contributed by atoms with van der Waals surface area (Å²) in [6.07, 6.45) is 6.08. The molecule has 1 aromatic heterocycles. The Labute approximate surface area is 189 Å². The summed E-state index contributed by atoms with van der Waals surface area (Å²) in [5, 5.41) is 18.9. The number of likely N-dealkylation sites (tertiary alicyclic amines) is 1. The van der Waals surface area contributed by atoms with Crippen molar-refractivity contribution >= 4 is 11.7 Å². The SMILES string of the molecule is C=CCn1cc(CN2CCC(C[C@@H]3CC(c4ccccc4C)=NO3)(C(=O)O)CC2)c(C)n1. The summed E-state index contributed by atoms with van der Waals surface area (Å²) in [4.78, 5) is 20.4. The topological polar surface area (TPSA) is 80.0 Å². The third-order valence-corrected chi connectivity index (χ3v) is 6.83. The Bertz CT molecular complexity index is 1020. The van der Waals surface area contributed by atoms with Crippen molar-refractivity contribution in [1.82, 2.24) is 14.7 Å². The fourth-order valence-electron chi connectivity index (χ4n) is 4.85. The molecule has 7 heteroatoms. The quantitative estimate of drug-likeness (QED) is 0.634. The van der Waals surface area contributed by atoms with E-state index in [0.717, 1.165) is 42.2 Å². The van der Waals surface area contributed by atoms with Crippen LogP contribution < -0.4 is 0 Å². The Hall–Kier alpha value is -2.93. The summed E-state index contributed by atoms with van der Waals surface area (Å²) in [6, 6.07) is 8.11. The number of aryl methyl sites for hydroxylation is 2. The number of oxime groups is 1. The molecule has 0 amide bonds. The van der Waals surface area contributed by atoms with Crippen LogP contribution in [0.3, 0.4) is 0 Å². The summed E-state index contributed by atoms with van der Waals surface area (Å²) in [6.45, 7) is 10.8. The number of aromatic nitrogens is 2. The first-order valence-electron chi connectivity index (χ1n) is 11.3. The van der Waals surface area contributed by atoms with Gasteiger partial charge in [0.2, 0.25) is 0 Å². The number of carboxylic acid groups (broad SMARTS) is 1. The summed E-state index contributed by atoms with van der Waals surface area (Å²) in [5.74, 6) is -0.722. The molecule has 3 heterocycles. The number of hydrogen-bond donors (Lipinski definition) is 1. The fraction of sp³-hybridized carbons (Fsp3) is 0.480. The van der Waals surface area contributed by atoms with Crippen molar-refractivity contribution < 1.29 is 14.7 Å². The fourth-order valence-corrected chi connectivity index (χ4v) is 4.85. The maximum Gasteiger partial charge on any atom is 0.309 e. The average molecular weight is 437 g/mol. The number of carboxylic acids is 1. The van der Waals surface area contributed by atoms with Crippen LogP contribution >= 0.6 is 0 Å². The molecule has 1 fully saturated rings. The van der Waals surface area contributed by atoms with Crippen molar-refractivity contribution in [2.75, 3.05) is 13.1 Å². The highest BCUT2D eigenvalue weighted by Crippen LogP contribution is 2.39. The van der Waals surface area contributed by atoms with Crippen LogP contribution in [0.4, 0.5) is 0 Å². The molecule has 4 rings (SSSR count). The zero-order valence-corrected chi connectivity index (χ0v) is 19.0. The molecule has 0 aliphatic carbocycles. The van der Waals surface area contributed by atoms with Gasteiger partial charge in [-0.2, -0.15) is 5.10 Å². The van der Waals surface area contributed by atoms with E-state index in [2.05, 4.69) is 40.9 Å². The molecule has 170 valence electrons. The molecule has 1 aromatic carbocycles. The second-order valence-corrected chi connectivity index (χ2v) is 9.10. The van der Waals surface area contributed by atoms with E-state index in [0.29, 0.717) is 32.2 Å². The highest BCUT2D eigenvalue weighted by Gasteiger charge is 2.45. The van der Waals surface area contributed by atoms with Gasteiger partial charge < -0.3 is 9.94 Å². The lowest BCUT2D eigenvalue weighted by Crippen LogP contribution is -2.45. The van der Waals surface area contributed by atoms with Gasteiger partial charge in [-0.05, 0) is 45.3 Å². The molecule has 0 unspecified atom stereocenters. The molecule has 0 bridgehead atoms. The smallest absolute Gasteiger partial charge is 0.309 e. The van der Waals surface area contributed by atoms with E-state index in [-0.39, 0.29) is 6.10 Å². The van der Waals surface area contributed by atoms with Gasteiger partial charge in [-0.3, -0.25) is 14.4 Å². The average Bonchev–Trinajstić information content (AvgIpc) is 3.36. The molecule has 1 atom stereocenters. The third kappa shape index (κ3) is 4.63. The molecular formula is C25H32N4O3. The Kier molecular flexibility index (Phi) is 6.46. The van der Waals surface area contributed by atoms with Gasteiger partial charge in [0.1, 0.15) is 6.10 Å². The minimum absolute atomic E-state index is 0.188. The van der Waals surface area contributed by atoms with E-state index in [1.54, 1.807) is 0 Å². The monoisotopic (exact) mass is 436 g/mol. The lowest BCUT2D eigenvalue weighted by Gasteiger charge is -2.39. The Morgan fingerprint density at radius 3 is 2.75 bits per heavy atom. The molecule has 2 aliphatic rings. The predicted octanol–water partition coefficient (Wildman–Crippen LogP) is 3.94. The molecular weight excluding hydrogens is 404 g/mol. The Morgan fingerprint density at radius 2 is 2.06 bits per heavy atom. The van der Waals surface area contributed by atoms with Crippen LogP contribution in [-0.2, 0) is 22.7 Å². The van der Waals surface area contributed by atoms with Gasteiger partial charge in [-0.25, -0.2) is 0 Å². The molecule has 1 N–H and O–H groups in total. The van der Waals surface area contributed by atoms with Crippen LogP contribution in [0.15, 0.2) is 48.3 Å². The number of piperidine rings is 1. The van der Waals surface area contributed by atoms with Crippen LogP contribution in [0.5, 0.6) is 0 Å². The van der Waals surface area contributed by atoms with E-state index in [4.69, 9.17) is 4.84 Å². The van der Waals surface area contributed by atoms with Crippen molar-refractivity contribution in [3.8, 4) is 0 Å². The number of allylic oxidation sites excluding steroid dienone is 1. The van der Waals surface area contributed by atoms with Crippen LogP contribution in [-0.4, -0.2) is 50.7 Å². The number of rotatable bonds is 8. The summed E-state index contributed by atoms with van der Waals surface area (Å²) < 4.78 is 1.90. The second kappa shape index (κ2) is 9.28. The first kappa shape index (κ1) is 22.3. The molecule has 2 aliphatic heterocycles. The number of hydrogen-bond acceptors (Lipinski definition) is 5. The van der Waals surface area contributed by atoms with Gasteiger partial charge in [-0.1, -0.05) is 35.5 Å². The van der Waals surface area contributed by atoms with Gasteiger partial charge in [0, 0.05) is 36.7 Å². The molecule has 32 heavy (non-hydrogen) atoms. The minimum Gasteiger partial charge on any atom is -0.481 e. The standard InChI is InChI=1S/C25H32N4O3/c1-4-11-29-17-20(19(3)26-29)16-28-12-9-25(10-13-28,24(30)31)15-21-14-23(27-32-21)22-8-6-5-7-18(22)2/h4-8,17,21H,1,9-16H2,2-3H3,(H,30,31)/t21-/m0/s1. The molecule has 0 saturated carbocycles. The molecule has 0 spiro atoms. The number of carbonyl (C=O) groups is 1. The van der Waals surface area contributed by atoms with Crippen molar-refractivity contribution in [1.29, 1.82) is 0 Å². The van der Waals surface area contributed by atoms with Gasteiger partial charge in [0.05, 0.1) is 23.4 Å². The van der Waals surface area contributed by atoms with E-state index < -0.39 is 11.4 Å². The highest BCUT2D eigenvalue weighted by atomic mass is 16.6. The van der Waals surface area contributed by atoms with Gasteiger partial charge in [-0.15, -0.1) is 6.58 Å². The van der Waals surface area contributed by atoms with Crippen molar-refractivity contribution in [3.05, 3.63) is 65.5 Å². The van der Waals surface area contributed by atoms with Crippen LogP contribution in [0.25, 0.3) is 0 Å². The van der Waals surface area contributed by atoms with Gasteiger partial charge in [0.15, 0.2) is 0 Å². The summed E-state index contributed by atoms with van der Waals surface area (Å²) >= 11 is 0. The van der Waals surface area contributed by atoms with E-state index in [1.807, 2.05) is 35.9 Å². The van der Waals surface area contributed by atoms with Crippen LogP contribution in [0, 0.1) is 19.3 Å². The first-order chi connectivity index (χ1) is 15.4. The first-order valence-corrected chi connectivity index (χ1v) is 11.3. The van der Waals surface area contributed by atoms with E-state index >= 15 is 0 Å². The molecule has 1 saturated heterocycles. The van der Waals surface area contributed by atoms with Crippen molar-refractivity contribution in [2.45, 2.75) is 58.7 Å². The summed E-state index contributed by atoms with van der Waals surface area (Å²) in [5.41, 5.74) is 4.59. The summed E-state index contributed by atoms with van der Waals surface area (Å²) in [7, 11) is 0.